The number of hydrogen-bond donors (Lipinski definition) is 1. The minimum atomic E-state index is -0.337. The fraction of sp³-hybridized carbons (Fsp3) is 0.600. The van der Waals surface area contributed by atoms with Crippen molar-refractivity contribution in [2.75, 3.05) is 31.6 Å². The number of anilines is 1. The molecule has 0 aliphatic carbocycles. The van der Waals surface area contributed by atoms with Gasteiger partial charge in [0.05, 0.1) is 18.1 Å². The van der Waals surface area contributed by atoms with E-state index in [0.717, 1.165) is 37.4 Å². The maximum atomic E-state index is 11.0. The molecule has 0 saturated carbocycles. The second-order valence-electron chi connectivity index (χ2n) is 5.42. The van der Waals surface area contributed by atoms with Gasteiger partial charge in [-0.25, -0.2) is 0 Å². The molecule has 1 aliphatic heterocycles. The second-order valence-corrected chi connectivity index (χ2v) is 5.42. The van der Waals surface area contributed by atoms with Crippen molar-refractivity contribution in [1.82, 2.24) is 4.90 Å². The number of benzene rings is 1. The van der Waals surface area contributed by atoms with Crippen molar-refractivity contribution in [3.63, 3.8) is 0 Å². The lowest BCUT2D eigenvalue weighted by Crippen LogP contribution is -2.43. The highest BCUT2D eigenvalue weighted by Gasteiger charge is 2.21. The molecule has 116 valence electrons. The SMILES string of the molecule is CCCNc1ccc([N+](=O)[O-])cc1CN1CCOCC1C. The average molecular weight is 293 g/mol. The van der Waals surface area contributed by atoms with Gasteiger partial charge in [0, 0.05) is 43.5 Å². The monoisotopic (exact) mass is 293 g/mol. The Morgan fingerprint density at radius 1 is 1.52 bits per heavy atom. The molecule has 1 atom stereocenters. The number of nitro groups is 1. The van der Waals surface area contributed by atoms with Crippen LogP contribution in [0.1, 0.15) is 25.8 Å². The molecule has 1 unspecified atom stereocenters. The fourth-order valence-corrected chi connectivity index (χ4v) is 2.47. The van der Waals surface area contributed by atoms with Crippen LogP contribution in [0.4, 0.5) is 11.4 Å². The third kappa shape index (κ3) is 4.15. The first-order chi connectivity index (χ1) is 10.1. The van der Waals surface area contributed by atoms with E-state index < -0.39 is 0 Å². The molecule has 1 fully saturated rings. The summed E-state index contributed by atoms with van der Waals surface area (Å²) in [6.45, 7) is 8.08. The Morgan fingerprint density at radius 3 is 3.00 bits per heavy atom. The van der Waals surface area contributed by atoms with Gasteiger partial charge in [-0.3, -0.25) is 15.0 Å². The quantitative estimate of drug-likeness (QED) is 0.645. The predicted molar refractivity (Wildman–Crippen MR) is 82.6 cm³/mol. The predicted octanol–water partition coefficient (Wildman–Crippen LogP) is 2.64. The molecule has 6 nitrogen and oxygen atoms in total. The van der Waals surface area contributed by atoms with Crippen LogP contribution in [-0.4, -0.2) is 42.2 Å². The van der Waals surface area contributed by atoms with Gasteiger partial charge < -0.3 is 10.1 Å². The normalized spacial score (nSPS) is 19.4. The molecule has 6 heteroatoms. The van der Waals surface area contributed by atoms with Crippen LogP contribution in [0.15, 0.2) is 18.2 Å². The minimum absolute atomic E-state index is 0.146. The number of morpholine rings is 1. The van der Waals surface area contributed by atoms with E-state index in [-0.39, 0.29) is 10.6 Å². The van der Waals surface area contributed by atoms with Crippen LogP contribution in [-0.2, 0) is 11.3 Å². The van der Waals surface area contributed by atoms with Crippen molar-refractivity contribution in [2.24, 2.45) is 0 Å². The second kappa shape index (κ2) is 7.38. The van der Waals surface area contributed by atoms with Gasteiger partial charge >= 0.3 is 0 Å². The Balaban J connectivity index is 2.20. The van der Waals surface area contributed by atoms with Crippen molar-refractivity contribution in [1.29, 1.82) is 0 Å². The third-order valence-electron chi connectivity index (χ3n) is 3.74. The minimum Gasteiger partial charge on any atom is -0.385 e. The van der Waals surface area contributed by atoms with Gasteiger partial charge in [0.2, 0.25) is 0 Å². The van der Waals surface area contributed by atoms with E-state index in [9.17, 15) is 10.1 Å². The molecule has 0 spiro atoms. The van der Waals surface area contributed by atoms with Crippen LogP contribution in [0.25, 0.3) is 0 Å². The molecule has 0 amide bonds. The summed E-state index contributed by atoms with van der Waals surface area (Å²) in [6.07, 6.45) is 1.02. The van der Waals surface area contributed by atoms with Crippen LogP contribution in [0, 0.1) is 10.1 Å². The highest BCUT2D eigenvalue weighted by molar-refractivity contribution is 5.56. The average Bonchev–Trinajstić information content (AvgIpc) is 2.48. The Kier molecular flexibility index (Phi) is 5.52. The van der Waals surface area contributed by atoms with Gasteiger partial charge in [0.25, 0.3) is 5.69 Å². The number of nitrogens with one attached hydrogen (secondary N) is 1. The first-order valence-electron chi connectivity index (χ1n) is 7.44. The topological polar surface area (TPSA) is 67.6 Å². The number of nitrogens with zero attached hydrogens (tertiary/aromatic N) is 2. The maximum Gasteiger partial charge on any atom is 0.269 e. The lowest BCUT2D eigenvalue weighted by atomic mass is 10.1. The first-order valence-corrected chi connectivity index (χ1v) is 7.44. The summed E-state index contributed by atoms with van der Waals surface area (Å²) in [5.74, 6) is 0. The van der Waals surface area contributed by atoms with E-state index in [1.165, 1.54) is 0 Å². The molecular formula is C15H23N3O3. The molecule has 21 heavy (non-hydrogen) atoms. The van der Waals surface area contributed by atoms with Gasteiger partial charge in [-0.2, -0.15) is 0 Å². The highest BCUT2D eigenvalue weighted by Crippen LogP contribution is 2.25. The van der Waals surface area contributed by atoms with Crippen molar-refractivity contribution >= 4 is 11.4 Å². The van der Waals surface area contributed by atoms with Crippen molar-refractivity contribution in [3.05, 3.63) is 33.9 Å². The van der Waals surface area contributed by atoms with E-state index in [0.29, 0.717) is 19.2 Å². The number of rotatable bonds is 6. The zero-order chi connectivity index (χ0) is 15.2. The molecule has 1 aromatic carbocycles. The Hall–Kier alpha value is -1.66. The summed E-state index contributed by atoms with van der Waals surface area (Å²) in [5.41, 5.74) is 2.11. The Morgan fingerprint density at radius 2 is 2.33 bits per heavy atom. The lowest BCUT2D eigenvalue weighted by molar-refractivity contribution is -0.384. The number of ether oxygens (including phenoxy) is 1. The van der Waals surface area contributed by atoms with Gasteiger partial charge in [-0.15, -0.1) is 0 Å². The molecule has 1 saturated heterocycles. The van der Waals surface area contributed by atoms with Crippen LogP contribution >= 0.6 is 0 Å². The smallest absolute Gasteiger partial charge is 0.269 e. The number of non-ortho nitro benzene ring substituents is 1. The van der Waals surface area contributed by atoms with Crippen molar-refractivity contribution < 1.29 is 9.66 Å². The number of hydrogen-bond acceptors (Lipinski definition) is 5. The molecule has 1 heterocycles. The van der Waals surface area contributed by atoms with Gasteiger partial charge in [0.1, 0.15) is 0 Å². The van der Waals surface area contributed by atoms with E-state index in [4.69, 9.17) is 4.74 Å². The van der Waals surface area contributed by atoms with E-state index in [2.05, 4.69) is 24.1 Å². The van der Waals surface area contributed by atoms with Crippen LogP contribution in [0.2, 0.25) is 0 Å². The highest BCUT2D eigenvalue weighted by atomic mass is 16.6. The molecule has 1 N–H and O–H groups in total. The van der Waals surface area contributed by atoms with Crippen LogP contribution in [0.3, 0.4) is 0 Å². The van der Waals surface area contributed by atoms with E-state index in [1.807, 2.05) is 6.07 Å². The summed E-state index contributed by atoms with van der Waals surface area (Å²) >= 11 is 0. The largest absolute Gasteiger partial charge is 0.385 e. The van der Waals surface area contributed by atoms with Crippen LogP contribution < -0.4 is 5.32 Å². The zero-order valence-electron chi connectivity index (χ0n) is 12.7. The van der Waals surface area contributed by atoms with E-state index in [1.54, 1.807) is 12.1 Å². The molecule has 0 radical (unpaired) electrons. The van der Waals surface area contributed by atoms with Crippen LogP contribution in [0.5, 0.6) is 0 Å². The molecule has 0 aromatic heterocycles. The molecular weight excluding hydrogens is 270 g/mol. The Bertz CT molecular complexity index is 493. The standard InChI is InChI=1S/C15H23N3O3/c1-3-6-16-15-5-4-14(18(19)20)9-13(15)10-17-7-8-21-11-12(17)2/h4-5,9,12,16H,3,6-8,10-11H2,1-2H3. The first kappa shape index (κ1) is 15.7. The summed E-state index contributed by atoms with van der Waals surface area (Å²) in [6, 6.07) is 5.38. The van der Waals surface area contributed by atoms with Crippen molar-refractivity contribution in [3.8, 4) is 0 Å². The summed E-state index contributed by atoms with van der Waals surface area (Å²) < 4.78 is 5.44. The zero-order valence-corrected chi connectivity index (χ0v) is 12.7. The summed E-state index contributed by atoms with van der Waals surface area (Å²) in [4.78, 5) is 13.0. The Labute approximate surface area is 125 Å². The maximum absolute atomic E-state index is 11.0. The third-order valence-corrected chi connectivity index (χ3v) is 3.74. The van der Waals surface area contributed by atoms with E-state index >= 15 is 0 Å². The van der Waals surface area contributed by atoms with Gasteiger partial charge in [0.15, 0.2) is 0 Å². The molecule has 2 rings (SSSR count). The summed E-state index contributed by atoms with van der Waals surface area (Å²) in [7, 11) is 0. The molecule has 1 aliphatic rings. The van der Waals surface area contributed by atoms with Gasteiger partial charge in [-0.1, -0.05) is 6.92 Å². The molecule has 1 aromatic rings. The fourth-order valence-electron chi connectivity index (χ4n) is 2.47. The molecule has 0 bridgehead atoms. The van der Waals surface area contributed by atoms with Crippen molar-refractivity contribution in [2.45, 2.75) is 32.9 Å². The van der Waals surface area contributed by atoms with Gasteiger partial charge in [-0.05, 0) is 25.0 Å². The lowest BCUT2D eigenvalue weighted by Gasteiger charge is -2.33. The summed E-state index contributed by atoms with van der Waals surface area (Å²) in [5, 5.41) is 14.3. The number of nitro benzene ring substituents is 1.